The highest BCUT2D eigenvalue weighted by Crippen LogP contribution is 2.20. The summed E-state index contributed by atoms with van der Waals surface area (Å²) in [5.74, 6) is -0.163. The number of carbonyl (C=O) groups excluding carboxylic acids is 1. The first-order valence-electron chi connectivity index (χ1n) is 6.98. The van der Waals surface area contributed by atoms with Gasteiger partial charge in [-0.1, -0.05) is 45.2 Å². The molecule has 0 unspecified atom stereocenters. The summed E-state index contributed by atoms with van der Waals surface area (Å²) in [5.41, 5.74) is 2.84. The first-order chi connectivity index (χ1) is 10.5. The molecule has 2 rings (SSSR count). The van der Waals surface area contributed by atoms with Crippen molar-refractivity contribution >= 4 is 39.1 Å². The van der Waals surface area contributed by atoms with Crippen molar-refractivity contribution in [2.24, 2.45) is 0 Å². The number of nitrogens with one attached hydrogen (secondary N) is 1. The van der Waals surface area contributed by atoms with Crippen molar-refractivity contribution in [3.8, 4) is 0 Å². The third-order valence-corrected chi connectivity index (χ3v) is 4.20. The smallest absolute Gasteiger partial charge is 0.252 e. The van der Waals surface area contributed by atoms with Gasteiger partial charge in [-0.05, 0) is 37.3 Å². The van der Waals surface area contributed by atoms with Gasteiger partial charge in [0.2, 0.25) is 0 Å². The molecule has 1 N–H and O–H groups in total. The van der Waals surface area contributed by atoms with E-state index in [-0.39, 0.29) is 5.91 Å². The van der Waals surface area contributed by atoms with E-state index >= 15 is 0 Å². The van der Waals surface area contributed by atoms with Gasteiger partial charge < -0.3 is 10.2 Å². The third-order valence-electron chi connectivity index (χ3n) is 3.38. The number of likely N-dealkylation sites (N-methyl/N-ethyl adjacent to an activating group) is 1. The quantitative estimate of drug-likeness (QED) is 0.838. The van der Waals surface area contributed by atoms with Gasteiger partial charge in [0, 0.05) is 30.3 Å². The molecular formula is C17H18BrClN2O. The Bertz CT molecular complexity index is 658. The minimum Gasteiger partial charge on any atom is -0.373 e. The number of rotatable bonds is 5. The summed E-state index contributed by atoms with van der Waals surface area (Å²) in [6.07, 6.45) is 0. The zero-order valence-electron chi connectivity index (χ0n) is 12.6. The van der Waals surface area contributed by atoms with Crippen LogP contribution in [0.15, 0.2) is 46.9 Å². The van der Waals surface area contributed by atoms with Crippen LogP contribution in [0, 0.1) is 6.92 Å². The fraction of sp³-hybridized carbons (Fsp3) is 0.235. The zero-order valence-corrected chi connectivity index (χ0v) is 14.9. The molecule has 0 spiro atoms. The first-order valence-corrected chi connectivity index (χ1v) is 8.15. The highest BCUT2D eigenvalue weighted by atomic mass is 79.9. The van der Waals surface area contributed by atoms with Gasteiger partial charge in [0.1, 0.15) is 0 Å². The maximum atomic E-state index is 12.1. The molecule has 0 bridgehead atoms. The van der Waals surface area contributed by atoms with Crippen LogP contribution in [0.2, 0.25) is 5.02 Å². The van der Waals surface area contributed by atoms with Crippen LogP contribution in [0.1, 0.15) is 15.9 Å². The number of benzene rings is 2. The summed E-state index contributed by atoms with van der Waals surface area (Å²) in [6.45, 7) is 3.33. The second kappa shape index (κ2) is 7.65. The molecule has 0 atom stereocenters. The summed E-state index contributed by atoms with van der Waals surface area (Å²) >= 11 is 9.40. The van der Waals surface area contributed by atoms with Crippen LogP contribution in [0.5, 0.6) is 0 Å². The van der Waals surface area contributed by atoms with Crippen LogP contribution in [-0.2, 0) is 0 Å². The van der Waals surface area contributed by atoms with Crippen molar-refractivity contribution in [1.29, 1.82) is 0 Å². The SMILES string of the molecule is Cc1ccc(N(C)CCNC(=O)c2cc(Br)ccc2Cl)cc1. The summed E-state index contributed by atoms with van der Waals surface area (Å²) in [7, 11) is 2.00. The van der Waals surface area contributed by atoms with Gasteiger partial charge in [-0.3, -0.25) is 4.79 Å². The molecule has 2 aromatic carbocycles. The third kappa shape index (κ3) is 4.49. The Morgan fingerprint density at radius 3 is 2.59 bits per heavy atom. The Balaban J connectivity index is 1.89. The molecular weight excluding hydrogens is 364 g/mol. The predicted octanol–water partition coefficient (Wildman–Crippen LogP) is 4.28. The average Bonchev–Trinajstić information content (AvgIpc) is 2.50. The summed E-state index contributed by atoms with van der Waals surface area (Å²) in [5, 5.41) is 3.34. The molecule has 0 fully saturated rings. The molecule has 1 amide bonds. The minimum atomic E-state index is -0.163. The van der Waals surface area contributed by atoms with Gasteiger partial charge in [0.15, 0.2) is 0 Å². The number of carbonyl (C=O) groups is 1. The number of halogens is 2. The van der Waals surface area contributed by atoms with Gasteiger partial charge in [-0.2, -0.15) is 0 Å². The van der Waals surface area contributed by atoms with Crippen molar-refractivity contribution in [3.05, 3.63) is 63.1 Å². The topological polar surface area (TPSA) is 32.3 Å². The predicted molar refractivity (Wildman–Crippen MR) is 95.9 cm³/mol. The number of hydrogen-bond acceptors (Lipinski definition) is 2. The lowest BCUT2D eigenvalue weighted by atomic mass is 10.2. The average molecular weight is 382 g/mol. The lowest BCUT2D eigenvalue weighted by molar-refractivity contribution is 0.0955. The molecule has 5 heteroatoms. The molecule has 0 heterocycles. The Morgan fingerprint density at radius 1 is 1.23 bits per heavy atom. The van der Waals surface area contributed by atoms with E-state index in [4.69, 9.17) is 11.6 Å². The maximum Gasteiger partial charge on any atom is 0.252 e. The number of anilines is 1. The lowest BCUT2D eigenvalue weighted by Gasteiger charge is -2.19. The van der Waals surface area contributed by atoms with E-state index in [2.05, 4.69) is 57.3 Å². The van der Waals surface area contributed by atoms with Gasteiger partial charge in [-0.25, -0.2) is 0 Å². The first kappa shape index (κ1) is 16.8. The largest absolute Gasteiger partial charge is 0.373 e. The fourth-order valence-electron chi connectivity index (χ4n) is 2.03. The summed E-state index contributed by atoms with van der Waals surface area (Å²) < 4.78 is 0.832. The molecule has 2 aromatic rings. The van der Waals surface area contributed by atoms with E-state index in [1.54, 1.807) is 12.1 Å². The molecule has 116 valence electrons. The number of aryl methyl sites for hydroxylation is 1. The van der Waals surface area contributed by atoms with Crippen LogP contribution in [0.3, 0.4) is 0 Å². The van der Waals surface area contributed by atoms with Crippen molar-refractivity contribution in [2.45, 2.75) is 6.92 Å². The highest BCUT2D eigenvalue weighted by molar-refractivity contribution is 9.10. The Kier molecular flexibility index (Phi) is 5.86. The molecule has 0 saturated heterocycles. The zero-order chi connectivity index (χ0) is 16.1. The van der Waals surface area contributed by atoms with Crippen LogP contribution in [-0.4, -0.2) is 26.0 Å². The van der Waals surface area contributed by atoms with E-state index in [0.29, 0.717) is 17.1 Å². The van der Waals surface area contributed by atoms with Crippen molar-refractivity contribution in [3.63, 3.8) is 0 Å². The van der Waals surface area contributed by atoms with Crippen LogP contribution in [0.4, 0.5) is 5.69 Å². The molecule has 3 nitrogen and oxygen atoms in total. The standard InChI is InChI=1S/C17H18BrClN2O/c1-12-3-6-14(7-4-12)21(2)10-9-20-17(22)15-11-13(18)5-8-16(15)19/h3-8,11H,9-10H2,1-2H3,(H,20,22). The normalized spacial score (nSPS) is 10.4. The lowest BCUT2D eigenvalue weighted by Crippen LogP contribution is -2.33. The molecule has 0 aliphatic rings. The minimum absolute atomic E-state index is 0.163. The number of amides is 1. The van der Waals surface area contributed by atoms with Crippen LogP contribution < -0.4 is 10.2 Å². The van der Waals surface area contributed by atoms with Gasteiger partial charge in [0.05, 0.1) is 10.6 Å². The van der Waals surface area contributed by atoms with Gasteiger partial charge in [0.25, 0.3) is 5.91 Å². The molecule has 0 aromatic heterocycles. The number of nitrogens with zero attached hydrogens (tertiary/aromatic N) is 1. The van der Waals surface area contributed by atoms with Crippen molar-refractivity contribution < 1.29 is 4.79 Å². The summed E-state index contributed by atoms with van der Waals surface area (Å²) in [4.78, 5) is 14.2. The van der Waals surface area contributed by atoms with Crippen molar-refractivity contribution in [2.75, 3.05) is 25.0 Å². The maximum absolute atomic E-state index is 12.1. The molecule has 0 radical (unpaired) electrons. The van der Waals surface area contributed by atoms with Crippen LogP contribution >= 0.6 is 27.5 Å². The van der Waals surface area contributed by atoms with E-state index in [0.717, 1.165) is 16.7 Å². The van der Waals surface area contributed by atoms with E-state index in [1.165, 1.54) is 5.56 Å². The Hall–Kier alpha value is -1.52. The van der Waals surface area contributed by atoms with Gasteiger partial charge in [-0.15, -0.1) is 0 Å². The monoisotopic (exact) mass is 380 g/mol. The second-order valence-electron chi connectivity index (χ2n) is 5.14. The Morgan fingerprint density at radius 2 is 1.91 bits per heavy atom. The molecule has 0 aliphatic carbocycles. The molecule has 0 aliphatic heterocycles. The van der Waals surface area contributed by atoms with Crippen LogP contribution in [0.25, 0.3) is 0 Å². The van der Waals surface area contributed by atoms with E-state index in [1.807, 2.05) is 13.1 Å². The fourth-order valence-corrected chi connectivity index (χ4v) is 2.60. The highest BCUT2D eigenvalue weighted by Gasteiger charge is 2.10. The van der Waals surface area contributed by atoms with E-state index in [9.17, 15) is 4.79 Å². The van der Waals surface area contributed by atoms with Gasteiger partial charge >= 0.3 is 0 Å². The number of hydrogen-bond donors (Lipinski definition) is 1. The Labute approximate surface area is 144 Å². The van der Waals surface area contributed by atoms with E-state index < -0.39 is 0 Å². The second-order valence-corrected chi connectivity index (χ2v) is 6.46. The molecule has 22 heavy (non-hydrogen) atoms. The summed E-state index contributed by atoms with van der Waals surface area (Å²) in [6, 6.07) is 13.5. The van der Waals surface area contributed by atoms with Crippen molar-refractivity contribution in [1.82, 2.24) is 5.32 Å². The molecule has 0 saturated carbocycles.